The maximum atomic E-state index is 12.0. The maximum Gasteiger partial charge on any atom is 0.225 e. The number of allylic oxidation sites excluding steroid dienone is 1. The van der Waals surface area contributed by atoms with Crippen LogP contribution in [0.15, 0.2) is 42.7 Å². The van der Waals surface area contributed by atoms with E-state index in [1.165, 1.54) is 12.8 Å². The van der Waals surface area contributed by atoms with E-state index in [-0.39, 0.29) is 17.8 Å². The van der Waals surface area contributed by atoms with Crippen LogP contribution in [0.25, 0.3) is 22.2 Å². The summed E-state index contributed by atoms with van der Waals surface area (Å²) in [5.41, 5.74) is 4.72. The smallest absolute Gasteiger partial charge is 0.225 e. The Morgan fingerprint density at radius 3 is 2.80 bits per heavy atom. The van der Waals surface area contributed by atoms with Gasteiger partial charge in [-0.15, -0.1) is 0 Å². The Labute approximate surface area is 176 Å². The van der Waals surface area contributed by atoms with Gasteiger partial charge >= 0.3 is 0 Å². The molecule has 0 saturated heterocycles. The molecule has 0 radical (unpaired) electrons. The third kappa shape index (κ3) is 3.74. The molecule has 2 saturated carbocycles. The molecule has 3 heterocycles. The fourth-order valence-corrected chi connectivity index (χ4v) is 4.29. The van der Waals surface area contributed by atoms with Crippen molar-refractivity contribution in [2.75, 3.05) is 0 Å². The molecule has 5 rings (SSSR count). The Bertz CT molecular complexity index is 1110. The Morgan fingerprint density at radius 1 is 1.27 bits per heavy atom. The van der Waals surface area contributed by atoms with Crippen molar-refractivity contribution in [3.8, 4) is 17.1 Å². The number of carbonyl (C=O) groups is 1. The normalized spacial score (nSPS) is 20.5. The van der Waals surface area contributed by atoms with Crippen LogP contribution in [-0.2, 0) is 11.8 Å². The van der Waals surface area contributed by atoms with Crippen molar-refractivity contribution in [2.24, 2.45) is 13.0 Å². The van der Waals surface area contributed by atoms with Crippen LogP contribution >= 0.6 is 0 Å². The molecule has 3 aromatic rings. The highest BCUT2D eigenvalue weighted by Crippen LogP contribution is 2.39. The van der Waals surface area contributed by atoms with Crippen molar-refractivity contribution in [1.82, 2.24) is 19.7 Å². The van der Waals surface area contributed by atoms with E-state index in [1.54, 1.807) is 4.68 Å². The topological polar surface area (TPSA) is 69.9 Å². The molecule has 0 amide bonds. The number of ketones is 1. The van der Waals surface area contributed by atoms with E-state index in [9.17, 15) is 4.79 Å². The number of aromatic nitrogens is 4. The second-order valence-corrected chi connectivity index (χ2v) is 8.75. The molecular formula is C24H26N4O2. The average Bonchev–Trinajstić information content (AvgIpc) is 3.48. The number of hydrogen-bond donors (Lipinski definition) is 0. The molecule has 0 spiro atoms. The third-order valence-electron chi connectivity index (χ3n) is 6.11. The molecule has 6 nitrogen and oxygen atoms in total. The zero-order valence-corrected chi connectivity index (χ0v) is 17.5. The molecule has 2 fully saturated rings. The minimum atomic E-state index is -0.146. The number of rotatable bonds is 5. The summed E-state index contributed by atoms with van der Waals surface area (Å²) in [6.45, 7) is 6.04. The third-order valence-corrected chi connectivity index (χ3v) is 6.11. The highest BCUT2D eigenvalue weighted by atomic mass is 16.5. The van der Waals surface area contributed by atoms with E-state index in [0.717, 1.165) is 39.8 Å². The highest BCUT2D eigenvalue weighted by Gasteiger charge is 2.29. The van der Waals surface area contributed by atoms with Crippen molar-refractivity contribution in [3.63, 3.8) is 0 Å². The van der Waals surface area contributed by atoms with Gasteiger partial charge in [0.1, 0.15) is 11.9 Å². The quantitative estimate of drug-likeness (QED) is 0.583. The van der Waals surface area contributed by atoms with Gasteiger partial charge in [0.05, 0.1) is 16.6 Å². The molecule has 2 aliphatic rings. The number of carbonyl (C=O) groups excluding carboxylic acids is 1. The molecule has 0 N–H and O–H groups in total. The molecule has 0 aromatic carbocycles. The van der Waals surface area contributed by atoms with E-state index < -0.39 is 0 Å². The van der Waals surface area contributed by atoms with E-state index in [4.69, 9.17) is 9.72 Å². The molecule has 2 atom stereocenters. The minimum absolute atomic E-state index is 0.121. The number of Topliss-reactive ketones (excluding diaryl/α,β-unsaturated/α-hetero) is 1. The Morgan fingerprint density at radius 2 is 2.10 bits per heavy atom. The fourth-order valence-electron chi connectivity index (χ4n) is 4.29. The van der Waals surface area contributed by atoms with Crippen molar-refractivity contribution in [2.45, 2.75) is 51.0 Å². The van der Waals surface area contributed by atoms with Crippen LogP contribution < -0.4 is 4.74 Å². The first kappa shape index (κ1) is 19.0. The summed E-state index contributed by atoms with van der Waals surface area (Å²) < 4.78 is 8.10. The summed E-state index contributed by atoms with van der Waals surface area (Å²) in [6.07, 6.45) is 7.97. The Kier molecular flexibility index (Phi) is 4.65. The first-order valence-corrected chi connectivity index (χ1v) is 10.6. The van der Waals surface area contributed by atoms with Gasteiger partial charge in [-0.1, -0.05) is 12.2 Å². The molecule has 6 heteroatoms. The van der Waals surface area contributed by atoms with Gasteiger partial charge in [-0.05, 0) is 44.4 Å². The summed E-state index contributed by atoms with van der Waals surface area (Å²) in [6, 6.07) is 6.15. The zero-order valence-electron chi connectivity index (χ0n) is 17.5. The molecule has 3 aromatic heterocycles. The molecular weight excluding hydrogens is 376 g/mol. The van der Waals surface area contributed by atoms with Gasteiger partial charge in [0.25, 0.3) is 0 Å². The largest absolute Gasteiger partial charge is 0.474 e. The van der Waals surface area contributed by atoms with E-state index in [2.05, 4.69) is 28.8 Å². The van der Waals surface area contributed by atoms with E-state index >= 15 is 0 Å². The first-order valence-electron chi connectivity index (χ1n) is 10.6. The predicted molar refractivity (Wildman–Crippen MR) is 115 cm³/mol. The summed E-state index contributed by atoms with van der Waals surface area (Å²) >= 11 is 0. The van der Waals surface area contributed by atoms with Gasteiger partial charge in [0.15, 0.2) is 0 Å². The van der Waals surface area contributed by atoms with Crippen molar-refractivity contribution >= 4 is 16.7 Å². The second-order valence-electron chi connectivity index (χ2n) is 8.75. The average molecular weight is 402 g/mol. The van der Waals surface area contributed by atoms with Crippen molar-refractivity contribution < 1.29 is 9.53 Å². The van der Waals surface area contributed by atoms with E-state index in [0.29, 0.717) is 24.6 Å². The predicted octanol–water partition coefficient (Wildman–Crippen LogP) is 4.60. The fraction of sp³-hybridized carbons (Fsp3) is 0.417. The van der Waals surface area contributed by atoms with E-state index in [1.807, 2.05) is 32.4 Å². The summed E-state index contributed by atoms with van der Waals surface area (Å²) in [5, 5.41) is 5.44. The zero-order chi connectivity index (χ0) is 20.8. The lowest BCUT2D eigenvalue weighted by molar-refractivity contribution is -0.121. The molecule has 0 bridgehead atoms. The van der Waals surface area contributed by atoms with Gasteiger partial charge in [-0.25, -0.2) is 4.98 Å². The van der Waals surface area contributed by atoms with Crippen molar-refractivity contribution in [3.05, 3.63) is 48.4 Å². The molecule has 0 aliphatic heterocycles. The summed E-state index contributed by atoms with van der Waals surface area (Å²) in [5.74, 6) is 1.54. The number of ether oxygens (including phenoxy) is 1. The molecule has 0 unspecified atom stereocenters. The van der Waals surface area contributed by atoms with Crippen LogP contribution in [-0.4, -0.2) is 31.6 Å². The lowest BCUT2D eigenvalue weighted by Gasteiger charge is -2.28. The Balaban J connectivity index is 1.47. The van der Waals surface area contributed by atoms with Crippen LogP contribution in [0.5, 0.6) is 5.88 Å². The van der Waals surface area contributed by atoms with Gasteiger partial charge in [-0.2, -0.15) is 5.10 Å². The number of pyridine rings is 2. The second kappa shape index (κ2) is 7.35. The number of fused-ring (bicyclic) bond motifs is 1. The highest BCUT2D eigenvalue weighted by molar-refractivity contribution is 5.86. The summed E-state index contributed by atoms with van der Waals surface area (Å²) in [7, 11) is 1.89. The number of hydrogen-bond acceptors (Lipinski definition) is 5. The van der Waals surface area contributed by atoms with Gasteiger partial charge in [0, 0.05) is 55.4 Å². The van der Waals surface area contributed by atoms with Crippen LogP contribution in [0.1, 0.15) is 50.6 Å². The Hall–Kier alpha value is -3.02. The molecule has 2 aliphatic carbocycles. The monoisotopic (exact) mass is 402 g/mol. The van der Waals surface area contributed by atoms with Crippen LogP contribution in [0.3, 0.4) is 0 Å². The maximum absolute atomic E-state index is 12.0. The van der Waals surface area contributed by atoms with Gasteiger partial charge in [-0.3, -0.25) is 14.5 Å². The van der Waals surface area contributed by atoms with Crippen LogP contribution in [0.4, 0.5) is 0 Å². The van der Waals surface area contributed by atoms with Crippen molar-refractivity contribution in [1.29, 1.82) is 0 Å². The van der Waals surface area contributed by atoms with Crippen LogP contribution in [0.2, 0.25) is 0 Å². The molecule has 30 heavy (non-hydrogen) atoms. The van der Waals surface area contributed by atoms with Crippen LogP contribution in [0, 0.1) is 5.92 Å². The lowest BCUT2D eigenvalue weighted by Crippen LogP contribution is -2.30. The number of aryl methyl sites for hydroxylation is 1. The van der Waals surface area contributed by atoms with Gasteiger partial charge < -0.3 is 4.74 Å². The SMILES string of the molecule is C=C1CC(=O)C[C@@H]([C@@H](C)Oc2nc(-c3ccc(C4CC4)nc3)cc3nn(C)cc23)C1. The summed E-state index contributed by atoms with van der Waals surface area (Å²) in [4.78, 5) is 21.5. The lowest BCUT2D eigenvalue weighted by atomic mass is 9.82. The standard InChI is InChI=1S/C24H26N4O2/c1-14-8-18(10-19(29)9-14)15(2)30-24-20-13-28(3)27-23(20)11-22(26-24)17-6-7-21(25-12-17)16-4-5-16/h6-7,11-13,15-16,18H,1,4-5,8-10H2,2-3H3/t15-,18+/m1/s1. The minimum Gasteiger partial charge on any atom is -0.474 e. The first-order chi connectivity index (χ1) is 14.5. The van der Waals surface area contributed by atoms with Gasteiger partial charge in [0.2, 0.25) is 5.88 Å². The number of nitrogens with zero attached hydrogens (tertiary/aromatic N) is 4. The molecule has 154 valence electrons.